The van der Waals surface area contributed by atoms with Gasteiger partial charge < -0.3 is 15.5 Å². The third-order valence-corrected chi connectivity index (χ3v) is 4.41. The summed E-state index contributed by atoms with van der Waals surface area (Å²) in [7, 11) is 1.73. The number of para-hydroxylation sites is 1. The van der Waals surface area contributed by atoms with Crippen LogP contribution in [0.25, 0.3) is 0 Å². The van der Waals surface area contributed by atoms with Crippen LogP contribution in [0.1, 0.15) is 10.4 Å². The zero-order valence-electron chi connectivity index (χ0n) is 15.4. The van der Waals surface area contributed by atoms with Crippen LogP contribution in [0, 0.1) is 0 Å². The monoisotopic (exact) mass is 393 g/mol. The molecule has 0 saturated carbocycles. The van der Waals surface area contributed by atoms with Gasteiger partial charge in [0.15, 0.2) is 0 Å². The van der Waals surface area contributed by atoms with Gasteiger partial charge >= 0.3 is 0 Å². The summed E-state index contributed by atoms with van der Waals surface area (Å²) in [6, 6.07) is 23.4. The first-order valence-corrected chi connectivity index (χ1v) is 9.13. The van der Waals surface area contributed by atoms with Gasteiger partial charge in [-0.2, -0.15) is 0 Å². The van der Waals surface area contributed by atoms with Crippen LogP contribution < -0.4 is 15.5 Å². The molecule has 5 nitrogen and oxygen atoms in total. The number of carbonyl (C=O) groups is 2. The van der Waals surface area contributed by atoms with E-state index in [1.54, 1.807) is 60.5 Å². The SMILES string of the molecule is CN(C(=O)c1ccc(NC(=O)CNc2ccc(Cl)cc2)cc1)c1ccccc1. The molecule has 0 aliphatic heterocycles. The van der Waals surface area contributed by atoms with Crippen molar-refractivity contribution in [3.63, 3.8) is 0 Å². The lowest BCUT2D eigenvalue weighted by atomic mass is 10.1. The van der Waals surface area contributed by atoms with Gasteiger partial charge in [0.05, 0.1) is 6.54 Å². The molecule has 0 aromatic heterocycles. The molecule has 142 valence electrons. The van der Waals surface area contributed by atoms with Gasteiger partial charge in [-0.3, -0.25) is 9.59 Å². The van der Waals surface area contributed by atoms with Gasteiger partial charge in [-0.1, -0.05) is 29.8 Å². The molecule has 0 saturated heterocycles. The second-order valence-corrected chi connectivity index (χ2v) is 6.62. The Morgan fingerprint density at radius 1 is 0.857 bits per heavy atom. The van der Waals surface area contributed by atoms with Crippen molar-refractivity contribution >= 4 is 40.5 Å². The normalized spacial score (nSPS) is 10.2. The minimum atomic E-state index is -0.185. The molecule has 2 amide bonds. The number of rotatable bonds is 6. The number of benzene rings is 3. The number of halogens is 1. The third kappa shape index (κ3) is 5.11. The minimum absolute atomic E-state index is 0.117. The van der Waals surface area contributed by atoms with Gasteiger partial charge in [0.1, 0.15) is 0 Å². The average Bonchev–Trinajstić information content (AvgIpc) is 2.73. The lowest BCUT2D eigenvalue weighted by molar-refractivity contribution is -0.114. The van der Waals surface area contributed by atoms with Gasteiger partial charge in [0.25, 0.3) is 5.91 Å². The summed E-state index contributed by atoms with van der Waals surface area (Å²) >= 11 is 5.84. The Labute approximate surface area is 168 Å². The molecule has 0 radical (unpaired) electrons. The first-order chi connectivity index (χ1) is 13.5. The lowest BCUT2D eigenvalue weighted by Crippen LogP contribution is -2.26. The quantitative estimate of drug-likeness (QED) is 0.639. The second-order valence-electron chi connectivity index (χ2n) is 6.19. The molecule has 0 atom stereocenters. The Hall–Kier alpha value is -3.31. The highest BCUT2D eigenvalue weighted by molar-refractivity contribution is 6.30. The summed E-state index contributed by atoms with van der Waals surface area (Å²) in [5, 5.41) is 6.46. The van der Waals surface area contributed by atoms with Crippen LogP contribution in [-0.2, 0) is 4.79 Å². The molecule has 28 heavy (non-hydrogen) atoms. The number of anilines is 3. The Kier molecular flexibility index (Phi) is 6.29. The first kappa shape index (κ1) is 19.5. The maximum Gasteiger partial charge on any atom is 0.258 e. The number of carbonyl (C=O) groups excluding carboxylic acids is 2. The van der Waals surface area contributed by atoms with E-state index in [1.807, 2.05) is 30.3 Å². The van der Waals surface area contributed by atoms with E-state index in [-0.39, 0.29) is 18.4 Å². The molecule has 0 bridgehead atoms. The van der Waals surface area contributed by atoms with Crippen LogP contribution in [0.15, 0.2) is 78.9 Å². The average molecular weight is 394 g/mol. The van der Waals surface area contributed by atoms with E-state index < -0.39 is 0 Å². The molecule has 0 unspecified atom stereocenters. The first-order valence-electron chi connectivity index (χ1n) is 8.75. The van der Waals surface area contributed by atoms with Crippen molar-refractivity contribution in [2.75, 3.05) is 29.1 Å². The maximum atomic E-state index is 12.6. The Morgan fingerprint density at radius 2 is 1.46 bits per heavy atom. The molecule has 6 heteroatoms. The van der Waals surface area contributed by atoms with Crippen molar-refractivity contribution in [1.29, 1.82) is 0 Å². The molecule has 0 aliphatic carbocycles. The zero-order chi connectivity index (χ0) is 19.9. The van der Waals surface area contributed by atoms with Crippen LogP contribution >= 0.6 is 11.6 Å². The van der Waals surface area contributed by atoms with Gasteiger partial charge in [0.2, 0.25) is 5.91 Å². The predicted molar refractivity (Wildman–Crippen MR) is 114 cm³/mol. The highest BCUT2D eigenvalue weighted by Gasteiger charge is 2.13. The molecule has 2 N–H and O–H groups in total. The summed E-state index contributed by atoms with van der Waals surface area (Å²) in [5.41, 5.74) is 2.80. The van der Waals surface area contributed by atoms with E-state index in [0.717, 1.165) is 11.4 Å². The van der Waals surface area contributed by atoms with E-state index in [4.69, 9.17) is 11.6 Å². The van der Waals surface area contributed by atoms with Crippen molar-refractivity contribution < 1.29 is 9.59 Å². The van der Waals surface area contributed by atoms with Crippen molar-refractivity contribution in [3.05, 3.63) is 89.4 Å². The summed E-state index contributed by atoms with van der Waals surface area (Å²) in [6.45, 7) is 0.124. The number of nitrogens with zero attached hydrogens (tertiary/aromatic N) is 1. The third-order valence-electron chi connectivity index (χ3n) is 4.16. The van der Waals surface area contributed by atoms with Gasteiger partial charge in [-0.05, 0) is 60.7 Å². The van der Waals surface area contributed by atoms with E-state index in [2.05, 4.69) is 10.6 Å². The molecule has 3 aromatic rings. The van der Waals surface area contributed by atoms with Crippen LogP contribution in [0.3, 0.4) is 0 Å². The van der Waals surface area contributed by atoms with Crippen LogP contribution in [0.4, 0.5) is 17.1 Å². The fourth-order valence-corrected chi connectivity index (χ4v) is 2.74. The summed E-state index contributed by atoms with van der Waals surface area (Å²) in [6.07, 6.45) is 0. The number of nitrogens with one attached hydrogen (secondary N) is 2. The molecule has 0 fully saturated rings. The van der Waals surface area contributed by atoms with E-state index in [0.29, 0.717) is 16.3 Å². The zero-order valence-corrected chi connectivity index (χ0v) is 16.1. The predicted octanol–water partition coefficient (Wildman–Crippen LogP) is 4.67. The van der Waals surface area contributed by atoms with E-state index >= 15 is 0 Å². The smallest absolute Gasteiger partial charge is 0.258 e. The summed E-state index contributed by atoms with van der Waals surface area (Å²) in [5.74, 6) is -0.302. The molecule has 0 heterocycles. The maximum absolute atomic E-state index is 12.6. The van der Waals surface area contributed by atoms with Crippen molar-refractivity contribution in [3.8, 4) is 0 Å². The molecule has 3 rings (SSSR count). The molecule has 0 spiro atoms. The fourth-order valence-electron chi connectivity index (χ4n) is 2.61. The number of hydrogen-bond acceptors (Lipinski definition) is 3. The molecule has 3 aromatic carbocycles. The Balaban J connectivity index is 1.55. The molecular weight excluding hydrogens is 374 g/mol. The standard InChI is InChI=1S/C22H20ClN3O2/c1-26(20-5-3-2-4-6-20)22(28)16-7-11-19(12-8-16)25-21(27)15-24-18-13-9-17(23)10-14-18/h2-14,24H,15H2,1H3,(H,25,27). The summed E-state index contributed by atoms with van der Waals surface area (Å²) in [4.78, 5) is 26.3. The topological polar surface area (TPSA) is 61.4 Å². The largest absolute Gasteiger partial charge is 0.376 e. The second kappa shape index (κ2) is 9.06. The van der Waals surface area contributed by atoms with Crippen molar-refractivity contribution in [1.82, 2.24) is 0 Å². The fraction of sp³-hybridized carbons (Fsp3) is 0.0909. The van der Waals surface area contributed by atoms with Gasteiger partial charge in [-0.15, -0.1) is 0 Å². The van der Waals surface area contributed by atoms with E-state index in [1.165, 1.54) is 0 Å². The van der Waals surface area contributed by atoms with Gasteiger partial charge in [-0.25, -0.2) is 0 Å². The molecular formula is C22H20ClN3O2. The van der Waals surface area contributed by atoms with Crippen molar-refractivity contribution in [2.45, 2.75) is 0 Å². The number of amides is 2. The lowest BCUT2D eigenvalue weighted by Gasteiger charge is -2.17. The van der Waals surface area contributed by atoms with Gasteiger partial charge in [0, 0.05) is 34.7 Å². The highest BCUT2D eigenvalue weighted by Crippen LogP contribution is 2.17. The Bertz CT molecular complexity index is 942. The van der Waals surface area contributed by atoms with E-state index in [9.17, 15) is 9.59 Å². The minimum Gasteiger partial charge on any atom is -0.376 e. The number of hydrogen-bond donors (Lipinski definition) is 2. The Morgan fingerprint density at radius 3 is 2.11 bits per heavy atom. The van der Waals surface area contributed by atoms with Crippen LogP contribution in [0.5, 0.6) is 0 Å². The highest BCUT2D eigenvalue weighted by atomic mass is 35.5. The van der Waals surface area contributed by atoms with Crippen LogP contribution in [0.2, 0.25) is 5.02 Å². The van der Waals surface area contributed by atoms with Crippen LogP contribution in [-0.4, -0.2) is 25.4 Å². The summed E-state index contributed by atoms with van der Waals surface area (Å²) < 4.78 is 0. The van der Waals surface area contributed by atoms with Crippen molar-refractivity contribution in [2.24, 2.45) is 0 Å². The molecule has 0 aliphatic rings.